The van der Waals surface area contributed by atoms with E-state index in [-0.39, 0.29) is 12.2 Å². The number of aromatic amines is 1. The van der Waals surface area contributed by atoms with Gasteiger partial charge in [-0.05, 0) is 15.9 Å². The topological polar surface area (TPSA) is 72.8 Å². The molecule has 0 spiro atoms. The van der Waals surface area contributed by atoms with Crippen LogP contribution < -0.4 is 5.56 Å². The largest absolute Gasteiger partial charge is 0.378 e. The quantitative estimate of drug-likeness (QED) is 0.920. The molecule has 0 aliphatic carbocycles. The van der Waals surface area contributed by atoms with Crippen LogP contribution in [0.1, 0.15) is 5.69 Å². The summed E-state index contributed by atoms with van der Waals surface area (Å²) in [5.74, 6) is 0.485. The maximum atomic E-state index is 11.7. The number of ether oxygens (including phenoxy) is 1. The second kappa shape index (κ2) is 4.80. The molecule has 0 aliphatic rings. The molecule has 0 bridgehead atoms. The average molecular weight is 299 g/mol. The third-order valence-electron chi connectivity index (χ3n) is 2.19. The number of nitrogens with zero attached hydrogens (tertiary/aromatic N) is 3. The van der Waals surface area contributed by atoms with Crippen molar-refractivity contribution in [3.05, 3.63) is 32.9 Å². The highest BCUT2D eigenvalue weighted by Gasteiger charge is 2.11. The molecule has 2 aromatic heterocycles. The number of methoxy groups -OCH3 is 1. The van der Waals surface area contributed by atoms with Gasteiger partial charge in [-0.1, -0.05) is 0 Å². The van der Waals surface area contributed by atoms with Crippen molar-refractivity contribution in [1.82, 2.24) is 19.7 Å². The van der Waals surface area contributed by atoms with Gasteiger partial charge in [0.05, 0.1) is 24.1 Å². The van der Waals surface area contributed by atoms with Crippen LogP contribution in [-0.2, 0) is 18.4 Å². The van der Waals surface area contributed by atoms with Crippen molar-refractivity contribution in [2.45, 2.75) is 6.61 Å². The lowest BCUT2D eigenvalue weighted by Gasteiger charge is -2.04. The Balaban J connectivity index is 2.52. The number of H-pyrrole nitrogens is 1. The summed E-state index contributed by atoms with van der Waals surface area (Å²) in [6.45, 7) is 0.276. The molecule has 2 heterocycles. The summed E-state index contributed by atoms with van der Waals surface area (Å²) in [6.07, 6.45) is 3.42. The van der Waals surface area contributed by atoms with Crippen LogP contribution in [0.25, 0.3) is 11.4 Å². The average Bonchev–Trinajstić information content (AvgIpc) is 2.71. The fourth-order valence-electron chi connectivity index (χ4n) is 1.42. The number of rotatable bonds is 3. The normalized spacial score (nSPS) is 10.8. The van der Waals surface area contributed by atoms with Gasteiger partial charge in [-0.15, -0.1) is 0 Å². The van der Waals surface area contributed by atoms with Crippen molar-refractivity contribution in [3.8, 4) is 11.4 Å². The minimum atomic E-state index is -0.231. The molecular formula is C10H11BrN4O2. The minimum absolute atomic E-state index is 0.231. The van der Waals surface area contributed by atoms with Crippen molar-refractivity contribution < 1.29 is 4.74 Å². The number of nitrogens with one attached hydrogen (secondary N) is 1. The predicted molar refractivity (Wildman–Crippen MR) is 65.5 cm³/mol. The SMILES string of the molecule is COCc1nc(-c2cnn(C)c2)[nH]c(=O)c1Br. The summed E-state index contributed by atoms with van der Waals surface area (Å²) in [7, 11) is 3.36. The number of aromatic nitrogens is 4. The van der Waals surface area contributed by atoms with Gasteiger partial charge in [-0.2, -0.15) is 5.10 Å². The Labute approximate surface area is 106 Å². The van der Waals surface area contributed by atoms with Crippen LogP contribution in [0.4, 0.5) is 0 Å². The highest BCUT2D eigenvalue weighted by molar-refractivity contribution is 9.10. The maximum absolute atomic E-state index is 11.7. The van der Waals surface area contributed by atoms with Gasteiger partial charge in [-0.3, -0.25) is 9.48 Å². The fraction of sp³-hybridized carbons (Fsp3) is 0.300. The van der Waals surface area contributed by atoms with Crippen LogP contribution in [0.2, 0.25) is 0 Å². The summed E-state index contributed by atoms with van der Waals surface area (Å²) in [5.41, 5.74) is 1.09. The fourth-order valence-corrected chi connectivity index (χ4v) is 1.72. The minimum Gasteiger partial charge on any atom is -0.378 e. The van der Waals surface area contributed by atoms with Gasteiger partial charge < -0.3 is 9.72 Å². The Morgan fingerprint density at radius 1 is 1.59 bits per heavy atom. The van der Waals surface area contributed by atoms with Gasteiger partial charge in [0.15, 0.2) is 0 Å². The Hall–Kier alpha value is -1.47. The van der Waals surface area contributed by atoms with E-state index >= 15 is 0 Å². The van der Waals surface area contributed by atoms with Crippen LogP contribution in [0, 0.1) is 0 Å². The monoisotopic (exact) mass is 298 g/mol. The molecule has 0 saturated heterocycles. The zero-order valence-corrected chi connectivity index (χ0v) is 11.0. The first-order chi connectivity index (χ1) is 8.11. The number of aryl methyl sites for hydroxylation is 1. The standard InChI is InChI=1S/C10H11BrN4O2/c1-15-4-6(3-12-15)9-13-7(5-17-2)8(11)10(16)14-9/h3-4H,5H2,1-2H3,(H,13,14,16). The molecule has 17 heavy (non-hydrogen) atoms. The highest BCUT2D eigenvalue weighted by atomic mass is 79.9. The van der Waals surface area contributed by atoms with Crippen LogP contribution in [-0.4, -0.2) is 26.9 Å². The first-order valence-corrected chi connectivity index (χ1v) is 5.67. The molecule has 0 amide bonds. The molecule has 0 unspecified atom stereocenters. The molecule has 0 saturated carbocycles. The van der Waals surface area contributed by atoms with E-state index in [1.807, 2.05) is 0 Å². The molecule has 90 valence electrons. The molecule has 7 heteroatoms. The van der Waals surface area contributed by atoms with Crippen molar-refractivity contribution in [3.63, 3.8) is 0 Å². The molecule has 0 fully saturated rings. The lowest BCUT2D eigenvalue weighted by Crippen LogP contribution is -2.14. The van der Waals surface area contributed by atoms with E-state index in [4.69, 9.17) is 4.74 Å². The van der Waals surface area contributed by atoms with Crippen LogP contribution in [0.3, 0.4) is 0 Å². The number of hydrogen-bond acceptors (Lipinski definition) is 4. The summed E-state index contributed by atoms with van der Waals surface area (Å²) < 4.78 is 7.04. The lowest BCUT2D eigenvalue weighted by atomic mass is 10.3. The molecule has 0 aliphatic heterocycles. The van der Waals surface area contributed by atoms with E-state index in [1.165, 1.54) is 0 Å². The molecular weight excluding hydrogens is 288 g/mol. The Morgan fingerprint density at radius 2 is 2.35 bits per heavy atom. The maximum Gasteiger partial charge on any atom is 0.265 e. The van der Waals surface area contributed by atoms with Crippen molar-refractivity contribution >= 4 is 15.9 Å². The smallest absolute Gasteiger partial charge is 0.265 e. The summed E-state index contributed by atoms with van der Waals surface area (Å²) >= 11 is 3.19. The van der Waals surface area contributed by atoms with Gasteiger partial charge in [0.1, 0.15) is 10.3 Å². The van der Waals surface area contributed by atoms with E-state index < -0.39 is 0 Å². The van der Waals surface area contributed by atoms with E-state index in [1.54, 1.807) is 31.2 Å². The van der Waals surface area contributed by atoms with Gasteiger partial charge in [0, 0.05) is 20.4 Å². The third-order valence-corrected chi connectivity index (χ3v) is 3.01. The Bertz CT molecular complexity index is 590. The van der Waals surface area contributed by atoms with Gasteiger partial charge in [0.25, 0.3) is 5.56 Å². The van der Waals surface area contributed by atoms with E-state index in [0.29, 0.717) is 16.0 Å². The lowest BCUT2D eigenvalue weighted by molar-refractivity contribution is 0.180. The molecule has 2 rings (SSSR count). The summed E-state index contributed by atoms with van der Waals surface area (Å²) in [6, 6.07) is 0. The van der Waals surface area contributed by atoms with Crippen molar-refractivity contribution in [2.75, 3.05) is 7.11 Å². The molecule has 0 radical (unpaired) electrons. The van der Waals surface area contributed by atoms with Crippen LogP contribution in [0.5, 0.6) is 0 Å². The van der Waals surface area contributed by atoms with Crippen molar-refractivity contribution in [2.24, 2.45) is 7.05 Å². The highest BCUT2D eigenvalue weighted by Crippen LogP contribution is 2.16. The van der Waals surface area contributed by atoms with Crippen LogP contribution >= 0.6 is 15.9 Å². The van der Waals surface area contributed by atoms with Gasteiger partial charge in [0.2, 0.25) is 0 Å². The Morgan fingerprint density at radius 3 is 2.94 bits per heavy atom. The summed E-state index contributed by atoms with van der Waals surface area (Å²) in [5, 5.41) is 4.03. The molecule has 1 N–H and O–H groups in total. The first kappa shape index (κ1) is 12.0. The molecule has 0 aromatic carbocycles. The van der Waals surface area contributed by atoms with E-state index in [0.717, 1.165) is 5.56 Å². The molecule has 0 atom stereocenters. The number of hydrogen-bond donors (Lipinski definition) is 1. The second-order valence-corrected chi connectivity index (χ2v) is 4.30. The summed E-state index contributed by atoms with van der Waals surface area (Å²) in [4.78, 5) is 18.7. The molecule has 6 nitrogen and oxygen atoms in total. The molecule has 2 aromatic rings. The van der Waals surface area contributed by atoms with E-state index in [2.05, 4.69) is 31.0 Å². The zero-order chi connectivity index (χ0) is 12.4. The third kappa shape index (κ3) is 2.45. The van der Waals surface area contributed by atoms with E-state index in [9.17, 15) is 4.79 Å². The second-order valence-electron chi connectivity index (χ2n) is 3.51. The Kier molecular flexibility index (Phi) is 3.39. The van der Waals surface area contributed by atoms with Crippen LogP contribution in [0.15, 0.2) is 21.7 Å². The van der Waals surface area contributed by atoms with Crippen molar-refractivity contribution in [1.29, 1.82) is 0 Å². The number of halogens is 1. The first-order valence-electron chi connectivity index (χ1n) is 4.88. The predicted octanol–water partition coefficient (Wildman–Crippen LogP) is 1.08. The zero-order valence-electron chi connectivity index (χ0n) is 9.40. The van der Waals surface area contributed by atoms with Gasteiger partial charge in [-0.25, -0.2) is 4.98 Å². The van der Waals surface area contributed by atoms with Gasteiger partial charge >= 0.3 is 0 Å².